The minimum Gasteiger partial charge on any atom is -0.300 e. The second-order valence-electron chi connectivity index (χ2n) is 5.13. The maximum absolute atomic E-state index is 11.3. The first kappa shape index (κ1) is 11.3. The van der Waals surface area contributed by atoms with Crippen molar-refractivity contribution < 1.29 is 4.79 Å². The number of Topliss-reactive ketones (excluding diaryl/α,β-unsaturated/α-hetero) is 1. The van der Waals surface area contributed by atoms with Gasteiger partial charge in [0, 0.05) is 17.7 Å². The summed E-state index contributed by atoms with van der Waals surface area (Å²) in [5.41, 5.74) is 3.01. The maximum Gasteiger partial charge on any atom is 0.132 e. The highest BCUT2D eigenvalue weighted by molar-refractivity contribution is 7.99. The smallest absolute Gasteiger partial charge is 0.132 e. The van der Waals surface area contributed by atoms with Gasteiger partial charge in [-0.1, -0.05) is 12.1 Å². The van der Waals surface area contributed by atoms with E-state index in [1.807, 2.05) is 11.8 Å². The van der Waals surface area contributed by atoms with Crippen molar-refractivity contribution in [3.05, 3.63) is 29.3 Å². The Kier molecular flexibility index (Phi) is 3.24. The van der Waals surface area contributed by atoms with Gasteiger partial charge in [0.05, 0.1) is 0 Å². The van der Waals surface area contributed by atoms with E-state index < -0.39 is 0 Å². The molecular formula is C15H18OS. The number of thioether (sulfide) groups is 1. The fourth-order valence-corrected chi connectivity index (χ4v) is 3.93. The van der Waals surface area contributed by atoms with Gasteiger partial charge in [-0.25, -0.2) is 0 Å². The van der Waals surface area contributed by atoms with Crippen LogP contribution >= 0.6 is 11.8 Å². The Bertz CT molecular complexity index is 429. The number of rotatable bonds is 1. The highest BCUT2D eigenvalue weighted by atomic mass is 32.2. The van der Waals surface area contributed by atoms with Crippen molar-refractivity contribution >= 4 is 17.5 Å². The monoisotopic (exact) mass is 246 g/mol. The molecule has 0 amide bonds. The topological polar surface area (TPSA) is 17.1 Å². The van der Waals surface area contributed by atoms with Gasteiger partial charge in [0.2, 0.25) is 0 Å². The molecule has 0 N–H and O–H groups in total. The number of benzene rings is 1. The van der Waals surface area contributed by atoms with Gasteiger partial charge in [0.15, 0.2) is 0 Å². The van der Waals surface area contributed by atoms with Crippen LogP contribution in [0.15, 0.2) is 23.1 Å². The lowest BCUT2D eigenvalue weighted by Gasteiger charge is -2.23. The van der Waals surface area contributed by atoms with Crippen LogP contribution in [-0.2, 0) is 11.2 Å². The molecule has 1 nitrogen and oxygen atoms in total. The predicted molar refractivity (Wildman–Crippen MR) is 71.7 cm³/mol. The first-order chi connectivity index (χ1) is 8.33. The summed E-state index contributed by atoms with van der Waals surface area (Å²) in [5.74, 6) is 2.35. The third-order valence-corrected chi connectivity index (χ3v) is 5.15. The second kappa shape index (κ2) is 4.85. The number of fused-ring (bicyclic) bond motifs is 1. The van der Waals surface area contributed by atoms with Crippen molar-refractivity contribution in [2.24, 2.45) is 0 Å². The Morgan fingerprint density at radius 2 is 1.94 bits per heavy atom. The molecule has 1 heterocycles. The third kappa shape index (κ3) is 2.42. The molecule has 1 saturated carbocycles. The van der Waals surface area contributed by atoms with Crippen LogP contribution in [0.3, 0.4) is 0 Å². The van der Waals surface area contributed by atoms with Crippen molar-refractivity contribution in [3.63, 3.8) is 0 Å². The molecule has 0 saturated heterocycles. The molecule has 2 aliphatic rings. The maximum atomic E-state index is 11.3. The number of carbonyl (C=O) groups is 1. The van der Waals surface area contributed by atoms with Crippen molar-refractivity contribution in [2.75, 3.05) is 5.75 Å². The standard InChI is InChI=1S/C15H18OS/c16-14-6-3-11(4-7-14)12-5-8-15-13(10-12)2-1-9-17-15/h5,8,10-11H,1-4,6-7,9H2. The van der Waals surface area contributed by atoms with E-state index >= 15 is 0 Å². The number of carbonyl (C=O) groups excluding carboxylic acids is 1. The third-order valence-electron chi connectivity index (χ3n) is 3.95. The van der Waals surface area contributed by atoms with Crippen molar-refractivity contribution in [2.45, 2.75) is 49.3 Å². The highest BCUT2D eigenvalue weighted by Gasteiger charge is 2.21. The zero-order valence-corrected chi connectivity index (χ0v) is 10.9. The molecular weight excluding hydrogens is 228 g/mol. The van der Waals surface area contributed by atoms with Crippen LogP contribution in [-0.4, -0.2) is 11.5 Å². The summed E-state index contributed by atoms with van der Waals surface area (Å²) in [7, 11) is 0. The van der Waals surface area contributed by atoms with Gasteiger partial charge >= 0.3 is 0 Å². The van der Waals surface area contributed by atoms with Crippen LogP contribution in [0.1, 0.15) is 49.1 Å². The van der Waals surface area contributed by atoms with Crippen molar-refractivity contribution in [1.29, 1.82) is 0 Å². The lowest BCUT2D eigenvalue weighted by Crippen LogP contribution is -2.13. The Balaban J connectivity index is 1.81. The first-order valence-corrected chi connectivity index (χ1v) is 7.59. The molecule has 1 aromatic rings. The molecule has 0 atom stereocenters. The summed E-state index contributed by atoms with van der Waals surface area (Å²) in [6.45, 7) is 0. The number of aryl methyl sites for hydroxylation is 1. The summed E-state index contributed by atoms with van der Waals surface area (Å²) < 4.78 is 0. The van der Waals surface area contributed by atoms with Gasteiger partial charge in [0.25, 0.3) is 0 Å². The van der Waals surface area contributed by atoms with Crippen LogP contribution < -0.4 is 0 Å². The zero-order valence-electron chi connectivity index (χ0n) is 10.1. The van der Waals surface area contributed by atoms with Gasteiger partial charge in [-0.05, 0) is 54.5 Å². The van der Waals surface area contributed by atoms with Gasteiger partial charge in [-0.2, -0.15) is 0 Å². The van der Waals surface area contributed by atoms with Crippen LogP contribution in [0, 0.1) is 0 Å². The molecule has 0 radical (unpaired) electrons. The molecule has 2 heteroatoms. The van der Waals surface area contributed by atoms with E-state index in [2.05, 4.69) is 18.2 Å². The lowest BCUT2D eigenvalue weighted by molar-refractivity contribution is -0.120. The zero-order chi connectivity index (χ0) is 11.7. The fraction of sp³-hybridized carbons (Fsp3) is 0.533. The molecule has 0 spiro atoms. The normalized spacial score (nSPS) is 21.3. The van der Waals surface area contributed by atoms with Crippen LogP contribution in [0.25, 0.3) is 0 Å². The Morgan fingerprint density at radius 3 is 2.76 bits per heavy atom. The molecule has 3 rings (SSSR count). The number of hydrogen-bond donors (Lipinski definition) is 0. The second-order valence-corrected chi connectivity index (χ2v) is 6.27. The van der Waals surface area contributed by atoms with Gasteiger partial charge in [-0.3, -0.25) is 4.79 Å². The largest absolute Gasteiger partial charge is 0.300 e. The summed E-state index contributed by atoms with van der Waals surface area (Å²) in [6.07, 6.45) is 6.24. The molecule has 0 bridgehead atoms. The average Bonchev–Trinajstić information content (AvgIpc) is 2.39. The molecule has 1 aliphatic heterocycles. The van der Waals surface area contributed by atoms with Crippen LogP contribution in [0.4, 0.5) is 0 Å². The number of hydrogen-bond acceptors (Lipinski definition) is 2. The SMILES string of the molecule is O=C1CCC(c2ccc3c(c2)CCCS3)CC1. The summed E-state index contributed by atoms with van der Waals surface area (Å²) >= 11 is 1.99. The Labute approximate surface area is 107 Å². The number of ketones is 1. The highest BCUT2D eigenvalue weighted by Crippen LogP contribution is 2.36. The molecule has 1 fully saturated rings. The summed E-state index contributed by atoms with van der Waals surface area (Å²) in [6, 6.07) is 6.99. The quantitative estimate of drug-likeness (QED) is 0.746. The Hall–Kier alpha value is -0.760. The van der Waals surface area contributed by atoms with E-state index in [1.165, 1.54) is 34.6 Å². The predicted octanol–water partition coefficient (Wildman–Crippen LogP) is 3.95. The molecule has 17 heavy (non-hydrogen) atoms. The minimum absolute atomic E-state index is 0.453. The van der Waals surface area contributed by atoms with Crippen molar-refractivity contribution in [1.82, 2.24) is 0 Å². The van der Waals surface area contributed by atoms with Crippen LogP contribution in [0.5, 0.6) is 0 Å². The average molecular weight is 246 g/mol. The summed E-state index contributed by atoms with van der Waals surface area (Å²) in [4.78, 5) is 12.7. The van der Waals surface area contributed by atoms with E-state index in [1.54, 1.807) is 0 Å². The molecule has 0 unspecified atom stereocenters. The molecule has 0 aromatic heterocycles. The molecule has 1 aliphatic carbocycles. The van der Waals surface area contributed by atoms with E-state index in [0.717, 1.165) is 25.7 Å². The molecule has 1 aromatic carbocycles. The van der Waals surface area contributed by atoms with E-state index in [-0.39, 0.29) is 0 Å². The summed E-state index contributed by atoms with van der Waals surface area (Å²) in [5, 5.41) is 0. The van der Waals surface area contributed by atoms with Crippen molar-refractivity contribution in [3.8, 4) is 0 Å². The van der Waals surface area contributed by atoms with Gasteiger partial charge in [0.1, 0.15) is 5.78 Å². The lowest BCUT2D eigenvalue weighted by atomic mass is 9.83. The van der Waals surface area contributed by atoms with E-state index in [4.69, 9.17) is 0 Å². The van der Waals surface area contributed by atoms with Gasteiger partial charge < -0.3 is 0 Å². The molecule has 90 valence electrons. The van der Waals surface area contributed by atoms with Crippen LogP contribution in [0.2, 0.25) is 0 Å². The van der Waals surface area contributed by atoms with E-state index in [9.17, 15) is 4.79 Å². The fourth-order valence-electron chi connectivity index (χ4n) is 2.91. The Morgan fingerprint density at radius 1 is 1.12 bits per heavy atom. The minimum atomic E-state index is 0.453. The van der Waals surface area contributed by atoms with Gasteiger partial charge in [-0.15, -0.1) is 11.8 Å². The first-order valence-electron chi connectivity index (χ1n) is 6.60. The van der Waals surface area contributed by atoms with E-state index in [0.29, 0.717) is 11.7 Å².